The van der Waals surface area contributed by atoms with Crippen molar-refractivity contribution in [1.82, 2.24) is 0 Å². The molecule has 6 nitrogen and oxygen atoms in total. The van der Waals surface area contributed by atoms with E-state index < -0.39 is 25.4 Å². The molecular formula is C52H47BrF12N2O4. The van der Waals surface area contributed by atoms with Crippen LogP contribution in [0, 0.1) is 0 Å². The van der Waals surface area contributed by atoms with E-state index in [1.165, 1.54) is 66.7 Å². The van der Waals surface area contributed by atoms with Gasteiger partial charge in [0, 0.05) is 35.3 Å². The lowest BCUT2D eigenvalue weighted by Gasteiger charge is -2.39. The summed E-state index contributed by atoms with van der Waals surface area (Å²) in [6, 6.07) is 35.8. The van der Waals surface area contributed by atoms with Crippen molar-refractivity contribution in [2.75, 3.05) is 10.2 Å². The van der Waals surface area contributed by atoms with Crippen molar-refractivity contribution in [3.8, 4) is 45.3 Å². The summed E-state index contributed by atoms with van der Waals surface area (Å²) < 4.78 is 164. The van der Waals surface area contributed by atoms with Gasteiger partial charge in [-0.3, -0.25) is 0 Å². The number of fused-ring (bicyclic) bond motifs is 2. The van der Waals surface area contributed by atoms with Crippen LogP contribution in [0.15, 0.2) is 133 Å². The van der Waals surface area contributed by atoms with Crippen LogP contribution in [0.1, 0.15) is 61.8 Å². The molecule has 0 radical (unpaired) electrons. The van der Waals surface area contributed by atoms with Crippen LogP contribution in [0.2, 0.25) is 0 Å². The molecule has 6 aromatic rings. The van der Waals surface area contributed by atoms with Gasteiger partial charge in [-0.1, -0.05) is 103 Å². The average molecular weight is 1070 g/mol. The SMILES string of the molecule is CCC1CCc2c(-c3cccc(OC(F)(F)F)c3)cccc2N1Cc1cccc(OC(F)(F)F)c1.CCC1CCc2c(cccc2-c2cccc(OC(F)(F)F)c2)N1.FC(F)(F)Oc1cccc(CBr)c1. The maximum absolute atomic E-state index is 12.7. The average Bonchev–Trinajstić information content (AvgIpc) is 3.29. The lowest BCUT2D eigenvalue weighted by molar-refractivity contribution is -0.275. The molecular weight excluding hydrogens is 1020 g/mol. The summed E-state index contributed by atoms with van der Waals surface area (Å²) in [5.41, 5.74) is 8.59. The Morgan fingerprint density at radius 2 is 0.944 bits per heavy atom. The molecule has 2 unspecified atom stereocenters. The monoisotopic (exact) mass is 1070 g/mol. The molecule has 380 valence electrons. The summed E-state index contributed by atoms with van der Waals surface area (Å²) in [5.74, 6) is -0.962. The minimum atomic E-state index is -4.79. The zero-order valence-corrected chi connectivity index (χ0v) is 39.6. The van der Waals surface area contributed by atoms with Gasteiger partial charge in [0.05, 0.1) is 0 Å². The molecule has 6 aromatic carbocycles. The number of halogens is 13. The van der Waals surface area contributed by atoms with E-state index in [0.717, 1.165) is 83.3 Å². The van der Waals surface area contributed by atoms with Crippen molar-refractivity contribution < 1.29 is 71.6 Å². The molecule has 19 heteroatoms. The second kappa shape index (κ2) is 23.3. The van der Waals surface area contributed by atoms with Gasteiger partial charge < -0.3 is 29.2 Å². The van der Waals surface area contributed by atoms with E-state index >= 15 is 0 Å². The van der Waals surface area contributed by atoms with E-state index in [9.17, 15) is 52.7 Å². The third-order valence-electron chi connectivity index (χ3n) is 11.4. The highest BCUT2D eigenvalue weighted by Gasteiger charge is 2.34. The standard InChI is InChI=1S/C26H23F6NO2.C18H18F3NO.C8H6BrF3O/c1-2-19-12-13-23-22(18-7-4-9-21(15-18)35-26(30,31)32)10-5-11-24(23)33(19)16-17-6-3-8-20(14-17)34-25(27,28)29;1-2-13-9-10-16-15(7-4-8-17(16)22-13)12-5-3-6-14(11-12)23-18(19,20)21;9-5-6-2-1-3-7(4-6)13-8(10,11)12/h3-11,14-15,19H,2,12-13,16H2,1H3;3-8,11,13,22H,2,9-10H2,1H3;1-4H,5H2. The van der Waals surface area contributed by atoms with Gasteiger partial charge in [-0.05, 0) is 144 Å². The predicted octanol–water partition coefficient (Wildman–Crippen LogP) is 16.8. The van der Waals surface area contributed by atoms with Crippen LogP contribution in [-0.2, 0) is 24.7 Å². The van der Waals surface area contributed by atoms with Gasteiger partial charge >= 0.3 is 25.4 Å². The summed E-state index contributed by atoms with van der Waals surface area (Å²) >= 11 is 3.13. The molecule has 1 N–H and O–H groups in total. The van der Waals surface area contributed by atoms with Gasteiger partial charge in [0.15, 0.2) is 0 Å². The highest BCUT2D eigenvalue weighted by Crippen LogP contribution is 2.41. The van der Waals surface area contributed by atoms with E-state index in [-0.39, 0.29) is 29.0 Å². The number of nitrogens with zero attached hydrogens (tertiary/aromatic N) is 1. The minimum absolute atomic E-state index is 0.157. The van der Waals surface area contributed by atoms with Gasteiger partial charge in [0.1, 0.15) is 23.0 Å². The van der Waals surface area contributed by atoms with E-state index in [2.05, 4.69) is 52.0 Å². The van der Waals surface area contributed by atoms with E-state index in [1.54, 1.807) is 24.3 Å². The van der Waals surface area contributed by atoms with Crippen LogP contribution in [0.4, 0.5) is 64.1 Å². The predicted molar refractivity (Wildman–Crippen MR) is 251 cm³/mol. The largest absolute Gasteiger partial charge is 0.573 e. The Kier molecular flexibility index (Phi) is 17.8. The van der Waals surface area contributed by atoms with Gasteiger partial charge in [-0.2, -0.15) is 0 Å². The molecule has 0 spiro atoms. The fourth-order valence-corrected chi connectivity index (χ4v) is 8.79. The van der Waals surface area contributed by atoms with E-state index in [0.29, 0.717) is 29.0 Å². The topological polar surface area (TPSA) is 52.2 Å². The Morgan fingerprint density at radius 3 is 1.44 bits per heavy atom. The van der Waals surface area contributed by atoms with Crippen LogP contribution < -0.4 is 29.2 Å². The van der Waals surface area contributed by atoms with Gasteiger partial charge in [0.2, 0.25) is 0 Å². The second-order valence-electron chi connectivity index (χ2n) is 16.3. The minimum Gasteiger partial charge on any atom is -0.406 e. The quantitative estimate of drug-likeness (QED) is 0.103. The molecule has 0 aromatic heterocycles. The van der Waals surface area contributed by atoms with Crippen LogP contribution in [-0.4, -0.2) is 37.5 Å². The lowest BCUT2D eigenvalue weighted by Crippen LogP contribution is -2.38. The molecule has 71 heavy (non-hydrogen) atoms. The molecule has 0 amide bonds. The number of hydrogen-bond donors (Lipinski definition) is 1. The van der Waals surface area contributed by atoms with Crippen LogP contribution >= 0.6 is 15.9 Å². The number of alkyl halides is 13. The van der Waals surface area contributed by atoms with Gasteiger partial charge in [-0.15, -0.1) is 52.7 Å². The highest BCUT2D eigenvalue weighted by molar-refractivity contribution is 9.08. The van der Waals surface area contributed by atoms with E-state index in [4.69, 9.17) is 0 Å². The normalized spacial score (nSPS) is 15.6. The van der Waals surface area contributed by atoms with Crippen molar-refractivity contribution in [3.05, 3.63) is 156 Å². The van der Waals surface area contributed by atoms with Crippen molar-refractivity contribution >= 4 is 27.3 Å². The van der Waals surface area contributed by atoms with Gasteiger partial charge in [0.25, 0.3) is 0 Å². The van der Waals surface area contributed by atoms with Crippen molar-refractivity contribution in [2.45, 2.75) is 102 Å². The number of rotatable bonds is 11. The molecule has 2 heterocycles. The Labute approximate surface area is 410 Å². The maximum Gasteiger partial charge on any atom is 0.573 e. The third-order valence-corrected chi connectivity index (χ3v) is 12.0. The van der Waals surface area contributed by atoms with Crippen LogP contribution in [0.25, 0.3) is 22.3 Å². The molecule has 0 bridgehead atoms. The number of ether oxygens (including phenoxy) is 4. The Hall–Kier alpha value is -6.24. The number of anilines is 2. The smallest absolute Gasteiger partial charge is 0.406 e. The first kappa shape index (κ1) is 54.1. The highest BCUT2D eigenvalue weighted by atomic mass is 79.9. The molecule has 0 fully saturated rings. The first-order valence-electron chi connectivity index (χ1n) is 22.2. The zero-order valence-electron chi connectivity index (χ0n) is 38.0. The van der Waals surface area contributed by atoms with E-state index in [1.807, 2.05) is 49.4 Å². The maximum atomic E-state index is 12.7. The van der Waals surface area contributed by atoms with Gasteiger partial charge in [-0.25, -0.2) is 0 Å². The number of nitrogens with one attached hydrogen (secondary N) is 1. The molecule has 2 atom stereocenters. The Bertz CT molecular complexity index is 2690. The van der Waals surface area contributed by atoms with Crippen molar-refractivity contribution in [3.63, 3.8) is 0 Å². The number of benzene rings is 6. The summed E-state index contributed by atoms with van der Waals surface area (Å²) in [7, 11) is 0. The molecule has 0 saturated heterocycles. The fraction of sp³-hybridized carbons (Fsp3) is 0.308. The molecule has 0 saturated carbocycles. The summed E-state index contributed by atoms with van der Waals surface area (Å²) in [6.45, 7) is 4.55. The summed E-state index contributed by atoms with van der Waals surface area (Å²) in [5, 5.41) is 4.00. The van der Waals surface area contributed by atoms with Crippen molar-refractivity contribution in [1.29, 1.82) is 0 Å². The summed E-state index contributed by atoms with van der Waals surface area (Å²) in [4.78, 5) is 2.14. The summed E-state index contributed by atoms with van der Waals surface area (Å²) in [6.07, 6.45) is -13.5. The molecule has 2 aliphatic heterocycles. The lowest BCUT2D eigenvalue weighted by atomic mass is 9.88. The first-order valence-corrected chi connectivity index (χ1v) is 23.4. The molecule has 2 aliphatic rings. The van der Waals surface area contributed by atoms with Crippen LogP contribution in [0.3, 0.4) is 0 Å². The molecule has 8 rings (SSSR count). The Morgan fingerprint density at radius 1 is 0.507 bits per heavy atom. The zero-order chi connectivity index (χ0) is 51.6. The molecule has 0 aliphatic carbocycles. The van der Waals surface area contributed by atoms with Crippen molar-refractivity contribution in [2.24, 2.45) is 0 Å². The number of hydrogen-bond acceptors (Lipinski definition) is 6. The fourth-order valence-electron chi connectivity index (χ4n) is 8.44. The second-order valence-corrected chi connectivity index (χ2v) is 16.9. The Balaban J connectivity index is 0.000000195. The van der Waals surface area contributed by atoms with Crippen LogP contribution in [0.5, 0.6) is 23.0 Å². The first-order chi connectivity index (χ1) is 33.5. The third kappa shape index (κ3) is 16.4.